The maximum absolute atomic E-state index is 9.86. The molecule has 0 amide bonds. The molecule has 0 spiro atoms. The van der Waals surface area contributed by atoms with Gasteiger partial charge >= 0.3 is 11.9 Å². The SMILES string of the molecule is C=C(OCC)C(=O)O.C=C(OCC)C(=O)O.c1ccc([SiH2]c2ccccc2)cc1. The third-order valence-electron chi connectivity index (χ3n) is 3.21. The summed E-state index contributed by atoms with van der Waals surface area (Å²) in [6, 6.07) is 21.5. The molecular weight excluding hydrogens is 388 g/mol. The van der Waals surface area contributed by atoms with E-state index in [9.17, 15) is 9.59 Å². The van der Waals surface area contributed by atoms with Crippen LogP contribution in [0.3, 0.4) is 0 Å². The van der Waals surface area contributed by atoms with Crippen molar-refractivity contribution in [3.05, 3.63) is 85.3 Å². The minimum absolute atomic E-state index is 0.201. The molecular formula is C22H28O6Si. The number of carboxylic acid groups (broad SMARTS) is 2. The topological polar surface area (TPSA) is 93.1 Å². The van der Waals surface area contributed by atoms with Gasteiger partial charge in [0.25, 0.3) is 0 Å². The van der Waals surface area contributed by atoms with Gasteiger partial charge in [0.2, 0.25) is 0 Å². The molecule has 0 fully saturated rings. The van der Waals surface area contributed by atoms with Crippen LogP contribution in [0.1, 0.15) is 13.8 Å². The van der Waals surface area contributed by atoms with Gasteiger partial charge in [0.1, 0.15) is 0 Å². The summed E-state index contributed by atoms with van der Waals surface area (Å²) in [6.45, 7) is 10.4. The highest BCUT2D eigenvalue weighted by molar-refractivity contribution is 6.67. The Morgan fingerprint density at radius 2 is 1.07 bits per heavy atom. The van der Waals surface area contributed by atoms with Crippen LogP contribution in [0.25, 0.3) is 0 Å². The van der Waals surface area contributed by atoms with Gasteiger partial charge in [-0.3, -0.25) is 0 Å². The molecule has 0 atom stereocenters. The largest absolute Gasteiger partial charge is 0.487 e. The second-order valence-electron chi connectivity index (χ2n) is 5.47. The molecule has 156 valence electrons. The number of rotatable bonds is 8. The van der Waals surface area contributed by atoms with Crippen LogP contribution >= 0.6 is 0 Å². The molecule has 6 nitrogen and oxygen atoms in total. The zero-order chi connectivity index (χ0) is 22.1. The average Bonchev–Trinajstić information content (AvgIpc) is 2.71. The number of carboxylic acids is 2. The number of aliphatic carboxylic acids is 2. The van der Waals surface area contributed by atoms with Crippen molar-refractivity contribution in [2.75, 3.05) is 13.2 Å². The number of hydrogen-bond acceptors (Lipinski definition) is 4. The summed E-state index contributed by atoms with van der Waals surface area (Å²) in [4.78, 5) is 19.7. The Balaban J connectivity index is 0.000000432. The molecule has 2 rings (SSSR count). The van der Waals surface area contributed by atoms with Crippen molar-refractivity contribution in [1.29, 1.82) is 0 Å². The zero-order valence-corrected chi connectivity index (χ0v) is 18.3. The lowest BCUT2D eigenvalue weighted by Gasteiger charge is -1.99. The number of benzene rings is 2. The molecule has 29 heavy (non-hydrogen) atoms. The summed E-state index contributed by atoms with van der Waals surface area (Å²) >= 11 is 0. The second-order valence-corrected chi connectivity index (χ2v) is 7.46. The lowest BCUT2D eigenvalue weighted by atomic mass is 10.4. The van der Waals surface area contributed by atoms with Crippen LogP contribution in [-0.4, -0.2) is 44.9 Å². The summed E-state index contributed by atoms with van der Waals surface area (Å²) in [5.41, 5.74) is 0. The lowest BCUT2D eigenvalue weighted by molar-refractivity contribution is -0.137. The van der Waals surface area contributed by atoms with Crippen LogP contribution in [-0.2, 0) is 19.1 Å². The quantitative estimate of drug-likeness (QED) is 0.389. The van der Waals surface area contributed by atoms with Crippen LogP contribution in [0.15, 0.2) is 85.3 Å². The molecule has 0 saturated heterocycles. The normalized spacial score (nSPS) is 8.90. The molecule has 2 aromatic rings. The van der Waals surface area contributed by atoms with Crippen molar-refractivity contribution in [3.8, 4) is 0 Å². The van der Waals surface area contributed by atoms with Crippen LogP contribution < -0.4 is 10.4 Å². The van der Waals surface area contributed by atoms with Gasteiger partial charge in [-0.15, -0.1) is 0 Å². The molecule has 0 aromatic heterocycles. The summed E-state index contributed by atoms with van der Waals surface area (Å²) in [6.07, 6.45) is 0. The van der Waals surface area contributed by atoms with E-state index >= 15 is 0 Å². The molecule has 7 heteroatoms. The van der Waals surface area contributed by atoms with Crippen LogP contribution in [0.5, 0.6) is 0 Å². The van der Waals surface area contributed by atoms with E-state index in [-0.39, 0.29) is 21.0 Å². The first kappa shape index (κ1) is 25.7. The molecule has 0 saturated carbocycles. The monoisotopic (exact) mass is 416 g/mol. The van der Waals surface area contributed by atoms with Gasteiger partial charge in [-0.25, -0.2) is 9.59 Å². The average molecular weight is 417 g/mol. The predicted octanol–water partition coefficient (Wildman–Crippen LogP) is 2.05. The molecule has 2 aromatic carbocycles. The molecule has 0 bridgehead atoms. The Bertz CT molecular complexity index is 694. The van der Waals surface area contributed by atoms with Gasteiger partial charge in [0.15, 0.2) is 11.5 Å². The predicted molar refractivity (Wildman–Crippen MR) is 117 cm³/mol. The van der Waals surface area contributed by atoms with Gasteiger partial charge in [0, 0.05) is 0 Å². The molecule has 0 aliphatic carbocycles. The lowest BCUT2D eigenvalue weighted by Crippen LogP contribution is -2.26. The van der Waals surface area contributed by atoms with Gasteiger partial charge in [-0.1, -0.05) is 71.0 Å². The summed E-state index contributed by atoms with van der Waals surface area (Å²) in [5.74, 6) is -2.61. The Morgan fingerprint density at radius 1 is 0.759 bits per heavy atom. The van der Waals surface area contributed by atoms with E-state index in [4.69, 9.17) is 10.2 Å². The van der Waals surface area contributed by atoms with Gasteiger partial charge in [-0.2, -0.15) is 0 Å². The maximum Gasteiger partial charge on any atom is 0.370 e. The van der Waals surface area contributed by atoms with Crippen LogP contribution in [0.2, 0.25) is 0 Å². The van der Waals surface area contributed by atoms with E-state index in [1.807, 2.05) is 0 Å². The second kappa shape index (κ2) is 15.7. The Labute approximate surface area is 173 Å². The van der Waals surface area contributed by atoms with E-state index in [0.717, 1.165) is 0 Å². The Kier molecular flexibility index (Phi) is 13.9. The number of hydrogen-bond donors (Lipinski definition) is 2. The van der Waals surface area contributed by atoms with Gasteiger partial charge in [-0.05, 0) is 27.0 Å². The Morgan fingerprint density at radius 3 is 1.28 bits per heavy atom. The third kappa shape index (κ3) is 13.5. The molecule has 0 aliphatic heterocycles. The van der Waals surface area contributed by atoms with Crippen molar-refractivity contribution < 1.29 is 29.3 Å². The summed E-state index contributed by atoms with van der Waals surface area (Å²) in [5, 5.41) is 19.2. The third-order valence-corrected chi connectivity index (χ3v) is 4.97. The minimum Gasteiger partial charge on any atom is -0.487 e. The standard InChI is InChI=1S/C12H12Si.2C5H8O3/c1-3-7-11(8-4-1)13-12-9-5-2-6-10-12;2*1-3-8-4(2)5(6)7/h1-10H,13H2;2*2-3H2,1H3,(H,6,7). The fraction of sp³-hybridized carbons (Fsp3) is 0.182. The van der Waals surface area contributed by atoms with E-state index in [0.29, 0.717) is 13.2 Å². The van der Waals surface area contributed by atoms with E-state index < -0.39 is 11.9 Å². The minimum atomic E-state index is -1.10. The fourth-order valence-electron chi connectivity index (χ4n) is 1.90. The van der Waals surface area contributed by atoms with Crippen LogP contribution in [0, 0.1) is 0 Å². The molecule has 0 aliphatic rings. The first-order chi connectivity index (χ1) is 13.8. The van der Waals surface area contributed by atoms with E-state index in [2.05, 4.69) is 83.3 Å². The Hall–Kier alpha value is -3.32. The first-order valence-corrected chi connectivity index (χ1v) is 10.4. The first-order valence-electron chi connectivity index (χ1n) is 8.99. The van der Waals surface area contributed by atoms with E-state index in [1.165, 1.54) is 10.4 Å². The highest BCUT2D eigenvalue weighted by Gasteiger charge is 2.01. The van der Waals surface area contributed by atoms with Crippen molar-refractivity contribution in [2.24, 2.45) is 0 Å². The van der Waals surface area contributed by atoms with Crippen LogP contribution in [0.4, 0.5) is 0 Å². The number of carbonyl (C=O) groups is 2. The van der Waals surface area contributed by atoms with Gasteiger partial charge in [0.05, 0.1) is 22.7 Å². The number of ether oxygens (including phenoxy) is 2. The highest BCUT2D eigenvalue weighted by Crippen LogP contribution is 1.90. The van der Waals surface area contributed by atoms with Gasteiger partial charge < -0.3 is 19.7 Å². The highest BCUT2D eigenvalue weighted by atomic mass is 28.2. The fourth-order valence-corrected chi connectivity index (χ4v) is 3.39. The molecule has 2 N–H and O–H groups in total. The summed E-state index contributed by atoms with van der Waals surface area (Å²) < 4.78 is 9.02. The smallest absolute Gasteiger partial charge is 0.370 e. The molecule has 0 unspecified atom stereocenters. The van der Waals surface area contributed by atoms with E-state index in [1.54, 1.807) is 13.8 Å². The van der Waals surface area contributed by atoms with Crippen molar-refractivity contribution in [3.63, 3.8) is 0 Å². The van der Waals surface area contributed by atoms with Crippen molar-refractivity contribution in [2.45, 2.75) is 13.8 Å². The molecule has 0 radical (unpaired) electrons. The van der Waals surface area contributed by atoms with Crippen molar-refractivity contribution >= 4 is 31.8 Å². The zero-order valence-electron chi connectivity index (χ0n) is 16.8. The molecule has 0 heterocycles. The summed E-state index contributed by atoms with van der Waals surface area (Å²) in [7, 11) is -0.234. The van der Waals surface area contributed by atoms with Crippen molar-refractivity contribution in [1.82, 2.24) is 0 Å². The maximum atomic E-state index is 9.86.